The highest BCUT2D eigenvalue weighted by Gasteiger charge is 2.10. The molecule has 0 amide bonds. The Labute approximate surface area is 109 Å². The van der Waals surface area contributed by atoms with E-state index in [1.807, 2.05) is 12.1 Å². The van der Waals surface area contributed by atoms with Gasteiger partial charge >= 0.3 is 0 Å². The van der Waals surface area contributed by atoms with Crippen LogP contribution in [0.25, 0.3) is 10.9 Å². The van der Waals surface area contributed by atoms with Gasteiger partial charge < -0.3 is 10.2 Å². The smallest absolute Gasteiger partial charge is 0.0929 e. The second-order valence-electron chi connectivity index (χ2n) is 3.50. The minimum Gasteiger partial charge on any atom is -0.378 e. The summed E-state index contributed by atoms with van der Waals surface area (Å²) in [5, 5.41) is 1.70. The lowest BCUT2D eigenvalue weighted by molar-refractivity contribution is 0.182. The van der Waals surface area contributed by atoms with E-state index in [4.69, 9.17) is 33.8 Å². The van der Waals surface area contributed by atoms with E-state index in [1.165, 1.54) is 0 Å². The fourth-order valence-corrected chi connectivity index (χ4v) is 1.99. The summed E-state index contributed by atoms with van der Waals surface area (Å²) in [6.07, 6.45) is 0. The van der Waals surface area contributed by atoms with Crippen LogP contribution >= 0.6 is 23.2 Å². The number of ether oxygens (including phenoxy) is 1. The van der Waals surface area contributed by atoms with E-state index in [-0.39, 0.29) is 0 Å². The van der Waals surface area contributed by atoms with Crippen molar-refractivity contribution in [2.45, 2.75) is 6.61 Å². The van der Waals surface area contributed by atoms with Crippen molar-refractivity contribution in [1.29, 1.82) is 0 Å². The van der Waals surface area contributed by atoms with Gasteiger partial charge in [0.2, 0.25) is 0 Å². The van der Waals surface area contributed by atoms with Gasteiger partial charge in [-0.2, -0.15) is 0 Å². The van der Waals surface area contributed by atoms with Gasteiger partial charge in [-0.15, -0.1) is 0 Å². The van der Waals surface area contributed by atoms with Gasteiger partial charge in [0.05, 0.1) is 33.6 Å². The number of hydrogen-bond acceptors (Lipinski definition) is 4. The molecule has 0 aliphatic heterocycles. The lowest BCUT2D eigenvalue weighted by Crippen LogP contribution is -2.08. The third kappa shape index (κ3) is 2.30. The van der Waals surface area contributed by atoms with Crippen LogP contribution in [0.15, 0.2) is 18.2 Å². The fraction of sp³-hybridized carbons (Fsp3) is 0.182. The number of hydrogen-bond donors (Lipinski definition) is 2. The molecule has 0 unspecified atom stereocenters. The molecule has 0 aliphatic rings. The van der Waals surface area contributed by atoms with Gasteiger partial charge in [0.25, 0.3) is 0 Å². The van der Waals surface area contributed by atoms with Crippen LogP contribution in [0.5, 0.6) is 0 Å². The molecule has 2 rings (SSSR count). The maximum atomic E-state index is 6.12. The lowest BCUT2D eigenvalue weighted by Gasteiger charge is -2.10. The molecule has 90 valence electrons. The molecular formula is C11H11Cl2N3O. The number of rotatable bonds is 3. The average Bonchev–Trinajstić information content (AvgIpc) is 2.34. The Hall–Kier alpha value is -1.07. The number of nitrogens with zero attached hydrogens (tertiary/aromatic N) is 1. The van der Waals surface area contributed by atoms with Gasteiger partial charge in [-0.25, -0.2) is 4.98 Å². The molecule has 1 heterocycles. The zero-order chi connectivity index (χ0) is 12.4. The number of anilines is 1. The predicted molar refractivity (Wildman–Crippen MR) is 70.3 cm³/mol. The van der Waals surface area contributed by atoms with E-state index in [0.29, 0.717) is 22.2 Å². The van der Waals surface area contributed by atoms with E-state index in [2.05, 4.69) is 10.4 Å². The first-order valence-corrected chi connectivity index (χ1v) is 5.66. The number of nitrogen functional groups attached to an aromatic ring is 1. The highest BCUT2D eigenvalue weighted by atomic mass is 35.5. The standard InChI is InChI=1S/C11H11Cl2N3O/c1-17-5-6-4-9(16-14)7-2-3-8(12)10(13)11(7)15-6/h2-4H,5,14H2,1H3,(H,15,16). The average molecular weight is 272 g/mol. The number of halogens is 2. The minimum absolute atomic E-state index is 0.382. The van der Waals surface area contributed by atoms with E-state index in [1.54, 1.807) is 13.2 Å². The Balaban J connectivity index is 2.73. The van der Waals surface area contributed by atoms with Crippen LogP contribution in [0.3, 0.4) is 0 Å². The molecular weight excluding hydrogens is 261 g/mol. The number of pyridine rings is 1. The monoisotopic (exact) mass is 271 g/mol. The first-order valence-electron chi connectivity index (χ1n) is 4.90. The molecule has 4 nitrogen and oxygen atoms in total. The summed E-state index contributed by atoms with van der Waals surface area (Å²) in [7, 11) is 1.60. The summed E-state index contributed by atoms with van der Waals surface area (Å²) < 4.78 is 5.04. The maximum Gasteiger partial charge on any atom is 0.0929 e. The molecule has 0 radical (unpaired) electrons. The maximum absolute atomic E-state index is 6.12. The van der Waals surface area contributed by atoms with Crippen molar-refractivity contribution in [2.75, 3.05) is 12.5 Å². The molecule has 17 heavy (non-hydrogen) atoms. The molecule has 1 aromatic carbocycles. The van der Waals surface area contributed by atoms with Crippen LogP contribution in [0.4, 0.5) is 5.69 Å². The second-order valence-corrected chi connectivity index (χ2v) is 4.28. The molecule has 0 fully saturated rings. The van der Waals surface area contributed by atoms with Crippen molar-refractivity contribution in [3.8, 4) is 0 Å². The van der Waals surface area contributed by atoms with Crippen LogP contribution in [0, 0.1) is 0 Å². The first kappa shape index (κ1) is 12.4. The van der Waals surface area contributed by atoms with E-state index >= 15 is 0 Å². The molecule has 0 bridgehead atoms. The normalized spacial score (nSPS) is 10.8. The third-order valence-electron chi connectivity index (χ3n) is 2.37. The summed E-state index contributed by atoms with van der Waals surface area (Å²) in [5.74, 6) is 5.47. The predicted octanol–water partition coefficient (Wildman–Crippen LogP) is 2.97. The zero-order valence-corrected chi connectivity index (χ0v) is 10.6. The SMILES string of the molecule is COCc1cc(NN)c2ccc(Cl)c(Cl)c2n1. The van der Waals surface area contributed by atoms with Crippen molar-refractivity contribution < 1.29 is 4.74 Å². The van der Waals surface area contributed by atoms with Crippen molar-refractivity contribution in [3.63, 3.8) is 0 Å². The zero-order valence-electron chi connectivity index (χ0n) is 9.13. The Bertz CT molecular complexity index is 560. The van der Waals surface area contributed by atoms with Crippen LogP contribution in [0.1, 0.15) is 5.69 Å². The van der Waals surface area contributed by atoms with Crippen molar-refractivity contribution in [1.82, 2.24) is 4.98 Å². The Kier molecular flexibility index (Phi) is 3.69. The van der Waals surface area contributed by atoms with Crippen LogP contribution in [-0.2, 0) is 11.3 Å². The van der Waals surface area contributed by atoms with Crippen LogP contribution < -0.4 is 11.3 Å². The molecule has 3 N–H and O–H groups in total. The van der Waals surface area contributed by atoms with Crippen LogP contribution in [-0.4, -0.2) is 12.1 Å². The molecule has 0 saturated heterocycles. The highest BCUT2D eigenvalue weighted by molar-refractivity contribution is 6.45. The highest BCUT2D eigenvalue weighted by Crippen LogP contribution is 2.33. The van der Waals surface area contributed by atoms with Gasteiger partial charge in [-0.05, 0) is 18.2 Å². The Morgan fingerprint density at radius 2 is 2.18 bits per heavy atom. The number of nitrogens with one attached hydrogen (secondary N) is 1. The molecule has 0 atom stereocenters. The number of fused-ring (bicyclic) bond motifs is 1. The van der Waals surface area contributed by atoms with Gasteiger partial charge in [0.15, 0.2) is 0 Å². The van der Waals surface area contributed by atoms with Crippen LogP contribution in [0.2, 0.25) is 10.0 Å². The number of methoxy groups -OCH3 is 1. The summed E-state index contributed by atoms with van der Waals surface area (Å²) in [4.78, 5) is 4.40. The molecule has 0 spiro atoms. The third-order valence-corrected chi connectivity index (χ3v) is 3.17. The van der Waals surface area contributed by atoms with E-state index < -0.39 is 0 Å². The molecule has 2 aromatic rings. The molecule has 0 saturated carbocycles. The molecule has 0 aliphatic carbocycles. The summed E-state index contributed by atoms with van der Waals surface area (Å²) in [5.41, 5.74) is 4.70. The topological polar surface area (TPSA) is 60.2 Å². The van der Waals surface area contributed by atoms with Crippen molar-refractivity contribution in [3.05, 3.63) is 33.9 Å². The van der Waals surface area contributed by atoms with Gasteiger partial charge in [0, 0.05) is 12.5 Å². The number of nitrogens with two attached hydrogens (primary N) is 1. The largest absolute Gasteiger partial charge is 0.378 e. The van der Waals surface area contributed by atoms with Gasteiger partial charge in [0.1, 0.15) is 0 Å². The quantitative estimate of drug-likeness (QED) is 0.666. The molecule has 1 aromatic heterocycles. The first-order chi connectivity index (χ1) is 8.17. The Morgan fingerprint density at radius 3 is 2.82 bits per heavy atom. The van der Waals surface area contributed by atoms with E-state index in [9.17, 15) is 0 Å². The van der Waals surface area contributed by atoms with Crippen molar-refractivity contribution in [2.24, 2.45) is 5.84 Å². The number of hydrazine groups is 1. The minimum atomic E-state index is 0.382. The lowest BCUT2D eigenvalue weighted by atomic mass is 10.1. The van der Waals surface area contributed by atoms with Gasteiger partial charge in [-0.3, -0.25) is 5.84 Å². The van der Waals surface area contributed by atoms with Crippen molar-refractivity contribution >= 4 is 39.8 Å². The molecule has 6 heteroatoms. The Morgan fingerprint density at radius 1 is 1.41 bits per heavy atom. The number of aromatic nitrogens is 1. The number of benzene rings is 1. The summed E-state index contributed by atoms with van der Waals surface area (Å²) in [6, 6.07) is 5.35. The fourth-order valence-electron chi connectivity index (χ4n) is 1.63. The second kappa shape index (κ2) is 5.06. The van der Waals surface area contributed by atoms with E-state index in [0.717, 1.165) is 16.8 Å². The summed E-state index contributed by atoms with van der Waals surface area (Å²) >= 11 is 12.1. The summed E-state index contributed by atoms with van der Waals surface area (Å²) in [6.45, 7) is 0.382. The van der Waals surface area contributed by atoms with Gasteiger partial charge in [-0.1, -0.05) is 23.2 Å².